The van der Waals surface area contributed by atoms with Crippen LogP contribution in [0.1, 0.15) is 52.9 Å². The normalized spacial score (nSPS) is 12.2. The summed E-state index contributed by atoms with van der Waals surface area (Å²) in [6.07, 6.45) is 8.63. The molecule has 0 atom stereocenters. The van der Waals surface area contributed by atoms with Gasteiger partial charge in [0.15, 0.2) is 0 Å². The Morgan fingerprint density at radius 2 is 2.08 bits per heavy atom. The zero-order valence-corrected chi connectivity index (χ0v) is 9.18. The van der Waals surface area contributed by atoms with E-state index in [1.165, 1.54) is 12.8 Å². The summed E-state index contributed by atoms with van der Waals surface area (Å²) in [6, 6.07) is 0. The molecule has 0 aromatic carbocycles. The van der Waals surface area contributed by atoms with Crippen molar-refractivity contribution in [2.24, 2.45) is 5.92 Å². The van der Waals surface area contributed by atoms with Crippen LogP contribution in [0.4, 0.5) is 0 Å². The van der Waals surface area contributed by atoms with Gasteiger partial charge in [0.2, 0.25) is 0 Å². The van der Waals surface area contributed by atoms with Gasteiger partial charge in [0.1, 0.15) is 6.29 Å². The second-order valence-electron chi connectivity index (χ2n) is 3.97. The first-order chi connectivity index (χ1) is 6.20. The average Bonchev–Trinajstić information content (AvgIpc) is 2.10. The Kier molecular flexibility index (Phi) is 7.66. The number of carbonyl (C=O) groups excluding carboxylic acids is 1. The molecule has 0 aromatic heterocycles. The highest BCUT2D eigenvalue weighted by molar-refractivity contribution is 5.72. The van der Waals surface area contributed by atoms with Crippen molar-refractivity contribution in [1.82, 2.24) is 0 Å². The molecule has 0 heterocycles. The molecule has 0 aliphatic rings. The fourth-order valence-corrected chi connectivity index (χ4v) is 1.16. The second-order valence-corrected chi connectivity index (χ2v) is 3.97. The van der Waals surface area contributed by atoms with Gasteiger partial charge >= 0.3 is 0 Å². The van der Waals surface area contributed by atoms with Crippen LogP contribution in [0, 0.1) is 5.92 Å². The molecule has 0 aliphatic carbocycles. The number of rotatable bonds is 7. The van der Waals surface area contributed by atoms with Crippen molar-refractivity contribution < 1.29 is 4.79 Å². The van der Waals surface area contributed by atoms with E-state index in [9.17, 15) is 4.79 Å². The molecule has 13 heavy (non-hydrogen) atoms. The van der Waals surface area contributed by atoms with E-state index in [2.05, 4.69) is 26.8 Å². The smallest absolute Gasteiger partial charge is 0.145 e. The minimum atomic E-state index is 0.689. The zero-order chi connectivity index (χ0) is 10.1. The maximum absolute atomic E-state index is 10.6. The fourth-order valence-electron chi connectivity index (χ4n) is 1.16. The summed E-state index contributed by atoms with van der Waals surface area (Å²) in [7, 11) is 0. The Morgan fingerprint density at radius 1 is 1.38 bits per heavy atom. The summed E-state index contributed by atoms with van der Waals surface area (Å²) in [5.74, 6) is 0.689. The summed E-state index contributed by atoms with van der Waals surface area (Å²) in [4.78, 5) is 10.6. The quantitative estimate of drug-likeness (QED) is 0.333. The van der Waals surface area contributed by atoms with Crippen molar-refractivity contribution in [2.45, 2.75) is 52.9 Å². The van der Waals surface area contributed by atoms with Crippen LogP contribution in [0.25, 0.3) is 0 Å². The van der Waals surface area contributed by atoms with Crippen LogP contribution in [-0.4, -0.2) is 6.29 Å². The molecule has 0 saturated heterocycles. The molecule has 0 unspecified atom stereocenters. The molecule has 0 bridgehead atoms. The van der Waals surface area contributed by atoms with Gasteiger partial charge in [-0.25, -0.2) is 0 Å². The van der Waals surface area contributed by atoms with Crippen molar-refractivity contribution in [3.63, 3.8) is 0 Å². The van der Waals surface area contributed by atoms with Crippen LogP contribution < -0.4 is 0 Å². The second kappa shape index (κ2) is 8.03. The van der Waals surface area contributed by atoms with E-state index in [0.29, 0.717) is 5.92 Å². The number of aldehydes is 1. The zero-order valence-electron chi connectivity index (χ0n) is 9.18. The first-order valence-electron chi connectivity index (χ1n) is 5.34. The molecular formula is C12H22O. The lowest BCUT2D eigenvalue weighted by atomic mass is 10.0. The monoisotopic (exact) mass is 182 g/mol. The third-order valence-corrected chi connectivity index (χ3v) is 2.13. The van der Waals surface area contributed by atoms with Gasteiger partial charge in [0.05, 0.1) is 0 Å². The van der Waals surface area contributed by atoms with Crippen molar-refractivity contribution in [1.29, 1.82) is 0 Å². The third kappa shape index (κ3) is 7.76. The largest absolute Gasteiger partial charge is 0.298 e. The minimum absolute atomic E-state index is 0.689. The summed E-state index contributed by atoms with van der Waals surface area (Å²) in [5, 5.41) is 0. The highest BCUT2D eigenvalue weighted by Crippen LogP contribution is 2.11. The van der Waals surface area contributed by atoms with Gasteiger partial charge in [-0.3, -0.25) is 4.79 Å². The lowest BCUT2D eigenvalue weighted by Gasteiger charge is -2.03. The van der Waals surface area contributed by atoms with Crippen molar-refractivity contribution >= 4 is 6.29 Å². The van der Waals surface area contributed by atoms with Crippen LogP contribution in [0.3, 0.4) is 0 Å². The molecule has 0 amide bonds. The lowest BCUT2D eigenvalue weighted by molar-refractivity contribution is -0.105. The summed E-state index contributed by atoms with van der Waals surface area (Å²) in [5.41, 5.74) is 0.988. The SMILES string of the molecule is CCCC/C=C(\C=O)CCC(C)C. The van der Waals surface area contributed by atoms with Crippen molar-refractivity contribution in [3.05, 3.63) is 11.6 Å². The molecule has 0 fully saturated rings. The van der Waals surface area contributed by atoms with Gasteiger partial charge in [-0.2, -0.15) is 0 Å². The Morgan fingerprint density at radius 3 is 2.54 bits per heavy atom. The number of allylic oxidation sites excluding steroid dienone is 2. The first-order valence-corrected chi connectivity index (χ1v) is 5.34. The van der Waals surface area contributed by atoms with Gasteiger partial charge in [-0.15, -0.1) is 0 Å². The van der Waals surface area contributed by atoms with E-state index in [4.69, 9.17) is 0 Å². The summed E-state index contributed by atoms with van der Waals surface area (Å²) in [6.45, 7) is 6.55. The van der Waals surface area contributed by atoms with Crippen LogP contribution >= 0.6 is 0 Å². The lowest BCUT2D eigenvalue weighted by Crippen LogP contribution is -1.91. The highest BCUT2D eigenvalue weighted by atomic mass is 16.1. The van der Waals surface area contributed by atoms with E-state index >= 15 is 0 Å². The third-order valence-electron chi connectivity index (χ3n) is 2.13. The average molecular weight is 182 g/mol. The van der Waals surface area contributed by atoms with Gasteiger partial charge in [0, 0.05) is 0 Å². The Bertz CT molecular complexity index is 157. The molecular weight excluding hydrogens is 160 g/mol. The topological polar surface area (TPSA) is 17.1 Å². The standard InChI is InChI=1S/C12H22O/c1-4-5-6-7-12(10-13)9-8-11(2)3/h7,10-11H,4-6,8-9H2,1-3H3/b12-7-. The van der Waals surface area contributed by atoms with Crippen LogP contribution in [0.2, 0.25) is 0 Å². The number of hydrogen-bond donors (Lipinski definition) is 0. The van der Waals surface area contributed by atoms with Gasteiger partial charge in [-0.1, -0.05) is 39.7 Å². The predicted octanol–water partition coefficient (Wildman–Crippen LogP) is 3.74. The van der Waals surface area contributed by atoms with Crippen LogP contribution in [0.5, 0.6) is 0 Å². The number of hydrogen-bond acceptors (Lipinski definition) is 1. The number of unbranched alkanes of at least 4 members (excludes halogenated alkanes) is 2. The van der Waals surface area contributed by atoms with Gasteiger partial charge in [-0.05, 0) is 30.8 Å². The molecule has 0 N–H and O–H groups in total. The molecule has 1 heteroatoms. The molecule has 0 saturated carbocycles. The first kappa shape index (κ1) is 12.4. The molecule has 0 aliphatic heterocycles. The van der Waals surface area contributed by atoms with Gasteiger partial charge in [0.25, 0.3) is 0 Å². The van der Waals surface area contributed by atoms with E-state index in [1.807, 2.05) is 0 Å². The van der Waals surface area contributed by atoms with E-state index < -0.39 is 0 Å². The highest BCUT2D eigenvalue weighted by Gasteiger charge is 1.98. The Labute approximate surface area is 82.2 Å². The predicted molar refractivity (Wildman–Crippen MR) is 57.7 cm³/mol. The fraction of sp³-hybridized carbons (Fsp3) is 0.750. The maximum Gasteiger partial charge on any atom is 0.145 e. The van der Waals surface area contributed by atoms with Crippen LogP contribution in [-0.2, 0) is 4.79 Å². The van der Waals surface area contributed by atoms with Crippen molar-refractivity contribution in [3.8, 4) is 0 Å². The van der Waals surface area contributed by atoms with Crippen molar-refractivity contribution in [2.75, 3.05) is 0 Å². The molecule has 0 aromatic rings. The molecule has 1 nitrogen and oxygen atoms in total. The molecule has 0 radical (unpaired) electrons. The minimum Gasteiger partial charge on any atom is -0.298 e. The molecule has 0 rings (SSSR count). The van der Waals surface area contributed by atoms with E-state index in [0.717, 1.165) is 31.1 Å². The Hall–Kier alpha value is -0.590. The maximum atomic E-state index is 10.6. The molecule has 0 spiro atoms. The summed E-state index contributed by atoms with van der Waals surface area (Å²) >= 11 is 0. The Balaban J connectivity index is 3.73. The van der Waals surface area contributed by atoms with E-state index in [-0.39, 0.29) is 0 Å². The summed E-state index contributed by atoms with van der Waals surface area (Å²) < 4.78 is 0. The van der Waals surface area contributed by atoms with Gasteiger partial charge < -0.3 is 0 Å². The molecule has 76 valence electrons. The number of carbonyl (C=O) groups is 1. The van der Waals surface area contributed by atoms with E-state index in [1.54, 1.807) is 0 Å². The van der Waals surface area contributed by atoms with Crippen LogP contribution in [0.15, 0.2) is 11.6 Å².